The van der Waals surface area contributed by atoms with E-state index in [1.165, 1.54) is 0 Å². The highest BCUT2D eigenvalue weighted by molar-refractivity contribution is 9.11. The molecule has 1 aromatic rings. The highest BCUT2D eigenvalue weighted by Gasteiger charge is 2.15. The number of halogens is 2. The largest absolute Gasteiger partial charge is 0.378 e. The molecular formula is C8H9Br2N3O. The first-order chi connectivity index (χ1) is 6.77. The number of aromatic nitrogens is 2. The second-order valence-corrected chi connectivity index (χ2v) is 4.47. The fourth-order valence-electron chi connectivity index (χ4n) is 1.33. The van der Waals surface area contributed by atoms with Gasteiger partial charge in [0.25, 0.3) is 0 Å². The van der Waals surface area contributed by atoms with Gasteiger partial charge >= 0.3 is 0 Å². The molecule has 1 fully saturated rings. The second kappa shape index (κ2) is 4.55. The monoisotopic (exact) mass is 321 g/mol. The van der Waals surface area contributed by atoms with Gasteiger partial charge in [0.15, 0.2) is 5.82 Å². The van der Waals surface area contributed by atoms with Crippen LogP contribution in [0.5, 0.6) is 0 Å². The molecule has 0 atom stereocenters. The average molecular weight is 323 g/mol. The summed E-state index contributed by atoms with van der Waals surface area (Å²) < 4.78 is 6.78. The second-order valence-electron chi connectivity index (χ2n) is 2.91. The molecular weight excluding hydrogens is 314 g/mol. The van der Waals surface area contributed by atoms with E-state index in [-0.39, 0.29) is 0 Å². The summed E-state index contributed by atoms with van der Waals surface area (Å²) >= 11 is 6.67. The van der Waals surface area contributed by atoms with Gasteiger partial charge in [-0.25, -0.2) is 9.97 Å². The van der Waals surface area contributed by atoms with Gasteiger partial charge in [0.1, 0.15) is 9.21 Å². The molecule has 1 aromatic heterocycles. The van der Waals surface area contributed by atoms with Gasteiger partial charge in [-0.05, 0) is 31.9 Å². The predicted octanol–water partition coefficient (Wildman–Crippen LogP) is 1.84. The Kier molecular flexibility index (Phi) is 3.35. The SMILES string of the molecule is Brc1cnc(N2CCOCC2)c(Br)n1. The fraction of sp³-hybridized carbons (Fsp3) is 0.500. The maximum atomic E-state index is 5.27. The Hall–Kier alpha value is -0.200. The number of morpholine rings is 1. The fourth-order valence-corrected chi connectivity index (χ4v) is 2.39. The molecule has 0 radical (unpaired) electrons. The molecule has 0 N–H and O–H groups in total. The first-order valence-corrected chi connectivity index (χ1v) is 5.87. The van der Waals surface area contributed by atoms with Crippen LogP contribution in [0.2, 0.25) is 0 Å². The van der Waals surface area contributed by atoms with Crippen LogP contribution in [0.15, 0.2) is 15.4 Å². The number of ether oxygens (including phenoxy) is 1. The van der Waals surface area contributed by atoms with Crippen LogP contribution < -0.4 is 4.90 Å². The van der Waals surface area contributed by atoms with Crippen LogP contribution in [0.1, 0.15) is 0 Å². The van der Waals surface area contributed by atoms with Crippen LogP contribution in [0.3, 0.4) is 0 Å². The Morgan fingerprint density at radius 1 is 1.29 bits per heavy atom. The molecule has 1 aliphatic rings. The molecule has 0 aromatic carbocycles. The van der Waals surface area contributed by atoms with E-state index in [0.29, 0.717) is 0 Å². The van der Waals surface area contributed by atoms with Crippen molar-refractivity contribution in [3.8, 4) is 0 Å². The number of nitrogens with zero attached hydrogens (tertiary/aromatic N) is 3. The van der Waals surface area contributed by atoms with E-state index >= 15 is 0 Å². The van der Waals surface area contributed by atoms with Crippen LogP contribution >= 0.6 is 31.9 Å². The molecule has 2 rings (SSSR count). The molecule has 14 heavy (non-hydrogen) atoms. The van der Waals surface area contributed by atoms with Gasteiger partial charge in [-0.2, -0.15) is 0 Å². The van der Waals surface area contributed by atoms with Crippen molar-refractivity contribution in [1.29, 1.82) is 0 Å². The standard InChI is InChI=1S/C8H9Br2N3O/c9-6-5-11-8(7(10)12-6)13-1-3-14-4-2-13/h5H,1-4H2. The Balaban J connectivity index is 2.22. The zero-order valence-corrected chi connectivity index (χ0v) is 10.6. The summed E-state index contributed by atoms with van der Waals surface area (Å²) in [7, 11) is 0. The van der Waals surface area contributed by atoms with E-state index in [0.717, 1.165) is 41.3 Å². The maximum absolute atomic E-state index is 5.27. The third-order valence-corrected chi connectivity index (χ3v) is 2.91. The van der Waals surface area contributed by atoms with Crippen molar-refractivity contribution in [1.82, 2.24) is 9.97 Å². The van der Waals surface area contributed by atoms with Crippen molar-refractivity contribution in [3.63, 3.8) is 0 Å². The summed E-state index contributed by atoms with van der Waals surface area (Å²) in [4.78, 5) is 10.7. The van der Waals surface area contributed by atoms with Gasteiger partial charge in [0.2, 0.25) is 0 Å². The van der Waals surface area contributed by atoms with Crippen molar-refractivity contribution in [2.24, 2.45) is 0 Å². The lowest BCUT2D eigenvalue weighted by Gasteiger charge is -2.28. The summed E-state index contributed by atoms with van der Waals surface area (Å²) in [6, 6.07) is 0. The number of hydrogen-bond acceptors (Lipinski definition) is 4. The maximum Gasteiger partial charge on any atom is 0.162 e. The smallest absolute Gasteiger partial charge is 0.162 e. The molecule has 6 heteroatoms. The minimum atomic E-state index is 0.737. The van der Waals surface area contributed by atoms with Crippen molar-refractivity contribution in [2.45, 2.75) is 0 Å². The van der Waals surface area contributed by atoms with E-state index in [9.17, 15) is 0 Å². The van der Waals surface area contributed by atoms with E-state index in [4.69, 9.17) is 4.74 Å². The summed E-state index contributed by atoms with van der Waals surface area (Å²) in [6.07, 6.45) is 1.70. The number of anilines is 1. The van der Waals surface area contributed by atoms with Crippen molar-refractivity contribution >= 4 is 37.7 Å². The quantitative estimate of drug-likeness (QED) is 0.791. The van der Waals surface area contributed by atoms with Gasteiger partial charge in [-0.1, -0.05) is 0 Å². The normalized spacial score (nSPS) is 17.1. The topological polar surface area (TPSA) is 38.2 Å². The first-order valence-electron chi connectivity index (χ1n) is 4.28. The molecule has 1 aliphatic heterocycles. The molecule has 0 unspecified atom stereocenters. The molecule has 0 aliphatic carbocycles. The van der Waals surface area contributed by atoms with Crippen LogP contribution in [0.4, 0.5) is 5.82 Å². The summed E-state index contributed by atoms with van der Waals surface area (Å²) in [5, 5.41) is 0. The zero-order chi connectivity index (χ0) is 9.97. The number of rotatable bonds is 1. The lowest BCUT2D eigenvalue weighted by atomic mass is 10.4. The Morgan fingerprint density at radius 3 is 2.64 bits per heavy atom. The summed E-state index contributed by atoms with van der Waals surface area (Å²) in [5.74, 6) is 0.886. The van der Waals surface area contributed by atoms with Crippen molar-refractivity contribution in [2.75, 3.05) is 31.2 Å². The lowest BCUT2D eigenvalue weighted by Crippen LogP contribution is -2.37. The Labute approximate surface area is 98.9 Å². The average Bonchev–Trinajstić information content (AvgIpc) is 2.19. The van der Waals surface area contributed by atoms with Crippen LogP contribution in [0, 0.1) is 0 Å². The van der Waals surface area contributed by atoms with Crippen molar-refractivity contribution in [3.05, 3.63) is 15.4 Å². The van der Waals surface area contributed by atoms with E-state index in [1.807, 2.05) is 0 Å². The minimum absolute atomic E-state index is 0.737. The highest BCUT2D eigenvalue weighted by atomic mass is 79.9. The van der Waals surface area contributed by atoms with Gasteiger partial charge in [0.05, 0.1) is 19.4 Å². The first kappa shape index (κ1) is 10.3. The van der Waals surface area contributed by atoms with Gasteiger partial charge in [-0.3, -0.25) is 0 Å². The minimum Gasteiger partial charge on any atom is -0.378 e. The van der Waals surface area contributed by atoms with Gasteiger partial charge < -0.3 is 9.64 Å². The van der Waals surface area contributed by atoms with E-state index in [2.05, 4.69) is 46.7 Å². The summed E-state index contributed by atoms with van der Waals surface area (Å²) in [5.41, 5.74) is 0. The molecule has 0 saturated carbocycles. The van der Waals surface area contributed by atoms with Gasteiger partial charge in [0, 0.05) is 13.1 Å². The highest BCUT2D eigenvalue weighted by Crippen LogP contribution is 2.23. The predicted molar refractivity (Wildman–Crippen MR) is 60.5 cm³/mol. The Morgan fingerprint density at radius 2 is 2.00 bits per heavy atom. The lowest BCUT2D eigenvalue weighted by molar-refractivity contribution is 0.122. The van der Waals surface area contributed by atoms with Crippen molar-refractivity contribution < 1.29 is 4.74 Å². The molecule has 2 heterocycles. The zero-order valence-electron chi connectivity index (χ0n) is 7.41. The van der Waals surface area contributed by atoms with Crippen LogP contribution in [-0.2, 0) is 4.74 Å². The van der Waals surface area contributed by atoms with Crippen LogP contribution in [-0.4, -0.2) is 36.3 Å². The number of hydrogen-bond donors (Lipinski definition) is 0. The molecule has 1 saturated heterocycles. The third kappa shape index (κ3) is 2.24. The third-order valence-electron chi connectivity index (χ3n) is 1.99. The molecule has 0 spiro atoms. The summed E-state index contributed by atoms with van der Waals surface area (Å²) in [6.45, 7) is 3.25. The molecule has 76 valence electrons. The van der Waals surface area contributed by atoms with E-state index < -0.39 is 0 Å². The van der Waals surface area contributed by atoms with Gasteiger partial charge in [-0.15, -0.1) is 0 Å². The van der Waals surface area contributed by atoms with Crippen LogP contribution in [0.25, 0.3) is 0 Å². The Bertz CT molecular complexity index is 328. The molecule has 0 amide bonds. The molecule has 4 nitrogen and oxygen atoms in total. The molecule has 0 bridgehead atoms. The van der Waals surface area contributed by atoms with E-state index in [1.54, 1.807) is 6.20 Å².